The Hall–Kier alpha value is -3.00. The maximum Gasteiger partial charge on any atom is 0.319 e. The topological polar surface area (TPSA) is 79.9 Å². The number of benzene rings is 2. The fourth-order valence-corrected chi connectivity index (χ4v) is 3.36. The quantitative estimate of drug-likeness (QED) is 0.822. The summed E-state index contributed by atoms with van der Waals surface area (Å²) < 4.78 is 24.2. The van der Waals surface area contributed by atoms with E-state index in [0.29, 0.717) is 42.6 Å². The van der Waals surface area contributed by atoms with Crippen molar-refractivity contribution in [3.8, 4) is 11.5 Å². The lowest BCUT2D eigenvalue weighted by molar-refractivity contribution is -0.117. The van der Waals surface area contributed by atoms with Gasteiger partial charge in [0.25, 0.3) is 0 Å². The van der Waals surface area contributed by atoms with Crippen LogP contribution < -0.4 is 25.0 Å². The highest BCUT2D eigenvalue weighted by Gasteiger charge is 2.32. The number of nitrogens with one attached hydrogen (secondary N) is 2. The lowest BCUT2D eigenvalue weighted by atomic mass is 10.2. The van der Waals surface area contributed by atoms with Gasteiger partial charge in [-0.2, -0.15) is 0 Å². The van der Waals surface area contributed by atoms with Crippen molar-refractivity contribution in [3.63, 3.8) is 0 Å². The number of carbonyl (C=O) groups is 2. The highest BCUT2D eigenvalue weighted by molar-refractivity contribution is 6.31. The zero-order valence-electron chi connectivity index (χ0n) is 14.7. The maximum absolute atomic E-state index is 13.2. The van der Waals surface area contributed by atoms with Crippen LogP contribution in [0.4, 0.5) is 20.6 Å². The zero-order valence-corrected chi connectivity index (χ0v) is 15.5. The van der Waals surface area contributed by atoms with Crippen LogP contribution in [-0.4, -0.2) is 37.7 Å². The number of urea groups is 1. The number of nitrogens with zero attached hydrogens (tertiary/aromatic N) is 1. The van der Waals surface area contributed by atoms with Gasteiger partial charge in [0.05, 0.1) is 11.1 Å². The van der Waals surface area contributed by atoms with Gasteiger partial charge in [0.15, 0.2) is 11.5 Å². The van der Waals surface area contributed by atoms with Crippen LogP contribution in [-0.2, 0) is 4.79 Å². The second-order valence-corrected chi connectivity index (χ2v) is 6.87. The van der Waals surface area contributed by atoms with Crippen molar-refractivity contribution in [3.05, 3.63) is 47.2 Å². The third-order valence-corrected chi connectivity index (χ3v) is 4.76. The molecule has 0 unspecified atom stereocenters. The van der Waals surface area contributed by atoms with E-state index in [2.05, 4.69) is 10.6 Å². The number of halogens is 2. The molecule has 1 saturated heterocycles. The molecule has 2 N–H and O–H groups in total. The third-order valence-electron chi connectivity index (χ3n) is 4.48. The number of fused-ring (bicyclic) bond motifs is 1. The fourth-order valence-electron chi connectivity index (χ4n) is 3.18. The van der Waals surface area contributed by atoms with E-state index in [9.17, 15) is 14.0 Å². The second-order valence-electron chi connectivity index (χ2n) is 6.46. The van der Waals surface area contributed by atoms with E-state index in [1.165, 1.54) is 18.2 Å². The molecule has 0 saturated carbocycles. The number of hydrogen-bond acceptors (Lipinski definition) is 4. The van der Waals surface area contributed by atoms with Crippen LogP contribution in [0.25, 0.3) is 0 Å². The summed E-state index contributed by atoms with van der Waals surface area (Å²) in [7, 11) is 0. The molecular formula is C19H17ClFN3O4. The summed E-state index contributed by atoms with van der Waals surface area (Å²) in [5.74, 6) is 0.573. The van der Waals surface area contributed by atoms with Crippen molar-refractivity contribution < 1.29 is 23.5 Å². The Kier molecular flexibility index (Phi) is 4.95. The van der Waals surface area contributed by atoms with Crippen LogP contribution in [0.15, 0.2) is 36.4 Å². The molecule has 2 aromatic carbocycles. The van der Waals surface area contributed by atoms with Crippen LogP contribution in [0, 0.1) is 5.82 Å². The summed E-state index contributed by atoms with van der Waals surface area (Å²) in [6, 6.07) is 8.34. The Balaban J connectivity index is 1.39. The van der Waals surface area contributed by atoms with E-state index < -0.39 is 11.8 Å². The molecule has 2 heterocycles. The maximum atomic E-state index is 13.2. The molecule has 146 valence electrons. The monoisotopic (exact) mass is 405 g/mol. The minimum absolute atomic E-state index is 0.0846. The first-order valence-corrected chi connectivity index (χ1v) is 9.10. The summed E-state index contributed by atoms with van der Waals surface area (Å²) in [6.07, 6.45) is 0.173. The van der Waals surface area contributed by atoms with Crippen LogP contribution in [0.3, 0.4) is 0 Å². The van der Waals surface area contributed by atoms with Gasteiger partial charge in [0, 0.05) is 30.4 Å². The van der Waals surface area contributed by atoms with Crippen molar-refractivity contribution in [1.29, 1.82) is 0 Å². The third kappa shape index (κ3) is 3.82. The summed E-state index contributed by atoms with van der Waals surface area (Å²) in [6.45, 7) is 1.29. The van der Waals surface area contributed by atoms with Crippen LogP contribution in [0.5, 0.6) is 11.5 Å². The Labute approximate surface area is 165 Å². The van der Waals surface area contributed by atoms with Gasteiger partial charge < -0.3 is 25.0 Å². The predicted octanol–water partition coefficient (Wildman–Crippen LogP) is 3.18. The Morgan fingerprint density at radius 3 is 2.71 bits per heavy atom. The van der Waals surface area contributed by atoms with E-state index in [1.807, 2.05) is 0 Å². The van der Waals surface area contributed by atoms with Gasteiger partial charge >= 0.3 is 6.03 Å². The first kappa shape index (κ1) is 18.4. The Bertz CT molecular complexity index is 939. The van der Waals surface area contributed by atoms with Gasteiger partial charge in [-0.3, -0.25) is 4.79 Å². The molecule has 2 aliphatic rings. The number of carbonyl (C=O) groups excluding carboxylic acids is 2. The van der Waals surface area contributed by atoms with Gasteiger partial charge in [-0.15, -0.1) is 0 Å². The van der Waals surface area contributed by atoms with Gasteiger partial charge in [0.2, 0.25) is 5.91 Å². The molecule has 0 bridgehead atoms. The van der Waals surface area contributed by atoms with Crippen molar-refractivity contribution >= 4 is 34.9 Å². The average molecular weight is 406 g/mol. The van der Waals surface area contributed by atoms with Gasteiger partial charge in [0.1, 0.15) is 19.0 Å². The first-order valence-electron chi connectivity index (χ1n) is 8.72. The average Bonchev–Trinajstić information content (AvgIpc) is 3.04. The van der Waals surface area contributed by atoms with Gasteiger partial charge in [-0.05, 0) is 30.3 Å². The zero-order chi connectivity index (χ0) is 19.7. The standard InChI is InChI=1S/C19H17ClFN3O4/c20-14-7-11(1-3-15(14)21)22-19(26)23-12-8-18(25)24(10-12)13-2-4-16-17(9-13)28-6-5-27-16/h1-4,7,9,12H,5-6,8,10H2,(H2,22,23,26)/t12-/m0/s1. The Morgan fingerprint density at radius 1 is 1.14 bits per heavy atom. The highest BCUT2D eigenvalue weighted by atomic mass is 35.5. The summed E-state index contributed by atoms with van der Waals surface area (Å²) >= 11 is 5.71. The number of rotatable bonds is 3. The van der Waals surface area contributed by atoms with E-state index >= 15 is 0 Å². The van der Waals surface area contributed by atoms with Crippen molar-refractivity contribution in [2.24, 2.45) is 0 Å². The smallest absolute Gasteiger partial charge is 0.319 e. The molecule has 0 spiro atoms. The lowest BCUT2D eigenvalue weighted by Gasteiger charge is -2.22. The molecule has 4 rings (SSSR count). The van der Waals surface area contributed by atoms with Crippen LogP contribution in [0.1, 0.15) is 6.42 Å². The van der Waals surface area contributed by atoms with Crippen molar-refractivity contribution in [2.45, 2.75) is 12.5 Å². The Morgan fingerprint density at radius 2 is 1.93 bits per heavy atom. The minimum atomic E-state index is -0.566. The summed E-state index contributed by atoms with van der Waals surface area (Å²) in [5.41, 5.74) is 1.04. The number of amides is 3. The molecule has 3 amide bonds. The number of hydrogen-bond donors (Lipinski definition) is 2. The largest absolute Gasteiger partial charge is 0.486 e. The van der Waals surface area contributed by atoms with Crippen LogP contribution >= 0.6 is 11.6 Å². The molecule has 1 atom stereocenters. The van der Waals surface area contributed by atoms with Crippen molar-refractivity contribution in [2.75, 3.05) is 30.0 Å². The SMILES string of the molecule is O=C(Nc1ccc(F)c(Cl)c1)N[C@H]1CC(=O)N(c2ccc3c(c2)OCCO3)C1. The van der Waals surface area contributed by atoms with Crippen LogP contribution in [0.2, 0.25) is 5.02 Å². The molecule has 28 heavy (non-hydrogen) atoms. The summed E-state index contributed by atoms with van der Waals surface area (Å²) in [5, 5.41) is 5.24. The minimum Gasteiger partial charge on any atom is -0.486 e. The highest BCUT2D eigenvalue weighted by Crippen LogP contribution is 2.35. The number of anilines is 2. The normalized spacial score (nSPS) is 18.1. The van der Waals surface area contributed by atoms with E-state index in [4.69, 9.17) is 21.1 Å². The fraction of sp³-hybridized carbons (Fsp3) is 0.263. The molecule has 2 aromatic rings. The van der Waals surface area contributed by atoms with E-state index in [0.717, 1.165) is 0 Å². The molecule has 0 aliphatic carbocycles. The van der Waals surface area contributed by atoms with Gasteiger partial charge in [-0.1, -0.05) is 11.6 Å². The van der Waals surface area contributed by atoms with E-state index in [1.54, 1.807) is 23.1 Å². The summed E-state index contributed by atoms with van der Waals surface area (Å²) in [4.78, 5) is 26.2. The molecule has 0 aromatic heterocycles. The second kappa shape index (κ2) is 7.55. The lowest BCUT2D eigenvalue weighted by Crippen LogP contribution is -2.39. The van der Waals surface area contributed by atoms with Gasteiger partial charge in [-0.25, -0.2) is 9.18 Å². The van der Waals surface area contributed by atoms with E-state index in [-0.39, 0.29) is 23.4 Å². The molecule has 9 heteroatoms. The van der Waals surface area contributed by atoms with Crippen molar-refractivity contribution in [1.82, 2.24) is 5.32 Å². The molecule has 2 aliphatic heterocycles. The molecular weight excluding hydrogens is 389 g/mol. The molecule has 1 fully saturated rings. The predicted molar refractivity (Wildman–Crippen MR) is 102 cm³/mol. The number of ether oxygens (including phenoxy) is 2. The first-order chi connectivity index (χ1) is 13.5. The molecule has 7 nitrogen and oxygen atoms in total. The molecule has 0 radical (unpaired) electrons.